The second-order valence-electron chi connectivity index (χ2n) is 7.40. The van der Waals surface area contributed by atoms with E-state index in [2.05, 4.69) is 5.32 Å². The van der Waals surface area contributed by atoms with Gasteiger partial charge in [0.15, 0.2) is 6.61 Å². The molecule has 0 saturated carbocycles. The van der Waals surface area contributed by atoms with Crippen molar-refractivity contribution >= 4 is 23.5 Å². The van der Waals surface area contributed by atoms with E-state index in [9.17, 15) is 27.6 Å². The molecule has 1 N–H and O–H groups in total. The highest BCUT2D eigenvalue weighted by atomic mass is 19.4. The first kappa shape index (κ1) is 22.3. The monoisotopic (exact) mass is 434 g/mol. The minimum atomic E-state index is -4.48. The highest BCUT2D eigenvalue weighted by molar-refractivity contribution is 5.93. The number of aryl methyl sites for hydroxylation is 1. The number of anilines is 1. The molecule has 0 radical (unpaired) electrons. The topological polar surface area (TPSA) is 75.7 Å². The number of hydrogen-bond acceptors (Lipinski definition) is 4. The van der Waals surface area contributed by atoms with Gasteiger partial charge >= 0.3 is 12.1 Å². The first-order valence-corrected chi connectivity index (χ1v) is 9.59. The summed E-state index contributed by atoms with van der Waals surface area (Å²) in [5.41, 5.74) is 1.11. The molecule has 1 fully saturated rings. The zero-order valence-corrected chi connectivity index (χ0v) is 16.7. The van der Waals surface area contributed by atoms with Crippen LogP contribution in [0.4, 0.5) is 18.9 Å². The molecule has 1 saturated heterocycles. The fraction of sp³-hybridized carbons (Fsp3) is 0.318. The van der Waals surface area contributed by atoms with Gasteiger partial charge in [-0.25, -0.2) is 0 Å². The quantitative estimate of drug-likeness (QED) is 0.706. The summed E-state index contributed by atoms with van der Waals surface area (Å²) >= 11 is 0. The number of hydrogen-bond donors (Lipinski definition) is 1. The lowest BCUT2D eigenvalue weighted by atomic mass is 10.1. The minimum Gasteiger partial charge on any atom is -0.455 e. The van der Waals surface area contributed by atoms with Crippen LogP contribution in [0.1, 0.15) is 23.1 Å². The highest BCUT2D eigenvalue weighted by Crippen LogP contribution is 2.30. The van der Waals surface area contributed by atoms with E-state index in [-0.39, 0.29) is 25.4 Å². The van der Waals surface area contributed by atoms with Crippen LogP contribution in [0.3, 0.4) is 0 Å². The molecule has 3 rings (SSSR count). The van der Waals surface area contributed by atoms with Gasteiger partial charge in [-0.1, -0.05) is 29.8 Å². The fourth-order valence-corrected chi connectivity index (χ4v) is 3.24. The molecule has 31 heavy (non-hydrogen) atoms. The van der Waals surface area contributed by atoms with Crippen molar-refractivity contribution in [2.24, 2.45) is 5.92 Å². The predicted octanol–water partition coefficient (Wildman–Crippen LogP) is 3.54. The molecule has 1 unspecified atom stereocenters. The number of benzene rings is 2. The number of nitrogens with one attached hydrogen (secondary N) is 1. The number of rotatable bonds is 6. The Balaban J connectivity index is 1.50. The van der Waals surface area contributed by atoms with Crippen LogP contribution in [0.5, 0.6) is 0 Å². The maximum Gasteiger partial charge on any atom is 0.416 e. The Morgan fingerprint density at radius 2 is 1.87 bits per heavy atom. The number of alkyl halides is 3. The van der Waals surface area contributed by atoms with Crippen LogP contribution >= 0.6 is 0 Å². The van der Waals surface area contributed by atoms with Crippen molar-refractivity contribution in [3.05, 3.63) is 65.2 Å². The maximum atomic E-state index is 12.9. The van der Waals surface area contributed by atoms with Gasteiger partial charge in [0.25, 0.3) is 5.91 Å². The highest BCUT2D eigenvalue weighted by Gasteiger charge is 2.36. The molecule has 1 heterocycles. The van der Waals surface area contributed by atoms with Crippen molar-refractivity contribution in [2.75, 3.05) is 18.5 Å². The summed E-state index contributed by atoms with van der Waals surface area (Å²) in [7, 11) is 0. The van der Waals surface area contributed by atoms with Gasteiger partial charge in [0.2, 0.25) is 5.91 Å². The number of amides is 2. The van der Waals surface area contributed by atoms with Gasteiger partial charge in [-0.2, -0.15) is 13.2 Å². The lowest BCUT2D eigenvalue weighted by Crippen LogP contribution is -2.28. The number of nitrogens with zero attached hydrogens (tertiary/aromatic N) is 1. The molecule has 164 valence electrons. The van der Waals surface area contributed by atoms with Crippen molar-refractivity contribution in [1.29, 1.82) is 0 Å². The van der Waals surface area contributed by atoms with Crippen molar-refractivity contribution in [1.82, 2.24) is 4.90 Å². The SMILES string of the molecule is Cc1ccc(NC(=O)COC(=O)C2CC(=O)N(Cc3cccc(C(F)(F)F)c3)C2)cc1. The summed E-state index contributed by atoms with van der Waals surface area (Å²) in [5.74, 6) is -2.34. The fourth-order valence-electron chi connectivity index (χ4n) is 3.24. The largest absolute Gasteiger partial charge is 0.455 e. The standard InChI is InChI=1S/C22H21F3N2O4/c1-14-5-7-18(8-6-14)26-19(28)13-31-21(30)16-10-20(29)27(12-16)11-15-3-2-4-17(9-15)22(23,24)25/h2-9,16H,10-13H2,1H3,(H,26,28). The Bertz CT molecular complexity index is 973. The normalized spacial score (nSPS) is 16.3. The van der Waals surface area contributed by atoms with Crippen molar-refractivity contribution in [2.45, 2.75) is 26.1 Å². The van der Waals surface area contributed by atoms with Crippen LogP contribution in [-0.4, -0.2) is 35.8 Å². The molecule has 2 aromatic rings. The van der Waals surface area contributed by atoms with E-state index >= 15 is 0 Å². The average molecular weight is 434 g/mol. The molecule has 0 aliphatic carbocycles. The van der Waals surface area contributed by atoms with Gasteiger partial charge in [0.05, 0.1) is 11.5 Å². The lowest BCUT2D eigenvalue weighted by molar-refractivity contribution is -0.151. The zero-order valence-electron chi connectivity index (χ0n) is 16.7. The lowest BCUT2D eigenvalue weighted by Gasteiger charge is -2.17. The van der Waals surface area contributed by atoms with E-state index < -0.39 is 36.1 Å². The van der Waals surface area contributed by atoms with E-state index in [1.54, 1.807) is 12.1 Å². The molecule has 1 aliphatic rings. The molecule has 1 aliphatic heterocycles. The molecular formula is C22H21F3N2O4. The van der Waals surface area contributed by atoms with Crippen LogP contribution in [-0.2, 0) is 31.8 Å². The number of carbonyl (C=O) groups is 3. The third-order valence-electron chi connectivity index (χ3n) is 4.86. The molecule has 6 nitrogen and oxygen atoms in total. The third-order valence-corrected chi connectivity index (χ3v) is 4.86. The Morgan fingerprint density at radius 1 is 1.16 bits per heavy atom. The molecule has 9 heteroatoms. The summed E-state index contributed by atoms with van der Waals surface area (Å²) in [6, 6.07) is 11.8. The Hall–Kier alpha value is -3.36. The van der Waals surface area contributed by atoms with E-state index in [4.69, 9.17) is 4.74 Å². The third kappa shape index (κ3) is 6.07. The summed E-state index contributed by atoms with van der Waals surface area (Å²) in [6.07, 6.45) is -4.59. The second kappa shape index (κ2) is 9.20. The van der Waals surface area contributed by atoms with Crippen LogP contribution in [0, 0.1) is 12.8 Å². The van der Waals surface area contributed by atoms with Gasteiger partial charge in [-0.15, -0.1) is 0 Å². The van der Waals surface area contributed by atoms with Gasteiger partial charge in [0, 0.05) is 25.2 Å². The Morgan fingerprint density at radius 3 is 2.55 bits per heavy atom. The smallest absolute Gasteiger partial charge is 0.416 e. The summed E-state index contributed by atoms with van der Waals surface area (Å²) < 4.78 is 43.6. The van der Waals surface area contributed by atoms with Crippen LogP contribution in [0.25, 0.3) is 0 Å². The molecule has 0 aromatic heterocycles. The number of carbonyl (C=O) groups excluding carboxylic acids is 3. The van der Waals surface area contributed by atoms with Gasteiger partial charge in [-0.3, -0.25) is 14.4 Å². The van der Waals surface area contributed by atoms with Crippen LogP contribution < -0.4 is 5.32 Å². The van der Waals surface area contributed by atoms with Crippen LogP contribution in [0.15, 0.2) is 48.5 Å². The van der Waals surface area contributed by atoms with Crippen LogP contribution in [0.2, 0.25) is 0 Å². The second-order valence-corrected chi connectivity index (χ2v) is 7.40. The van der Waals surface area contributed by atoms with E-state index in [1.165, 1.54) is 17.0 Å². The number of ether oxygens (including phenoxy) is 1. The Labute approximate surface area is 177 Å². The summed E-state index contributed by atoms with van der Waals surface area (Å²) in [5, 5.41) is 2.60. The maximum absolute atomic E-state index is 12.9. The van der Waals surface area contributed by atoms with E-state index in [0.29, 0.717) is 11.3 Å². The number of likely N-dealkylation sites (tertiary alicyclic amines) is 1. The van der Waals surface area contributed by atoms with Gasteiger partial charge < -0.3 is 15.0 Å². The molecular weight excluding hydrogens is 413 g/mol. The molecule has 2 aromatic carbocycles. The van der Waals surface area contributed by atoms with E-state index in [1.807, 2.05) is 19.1 Å². The van der Waals surface area contributed by atoms with Gasteiger partial charge in [0.1, 0.15) is 0 Å². The average Bonchev–Trinajstić information content (AvgIpc) is 3.08. The minimum absolute atomic E-state index is 0.0213. The Kier molecular flexibility index (Phi) is 6.62. The molecule has 1 atom stereocenters. The van der Waals surface area contributed by atoms with Crippen molar-refractivity contribution in [3.8, 4) is 0 Å². The first-order chi connectivity index (χ1) is 14.6. The predicted molar refractivity (Wildman–Crippen MR) is 106 cm³/mol. The molecule has 0 bridgehead atoms. The number of halogens is 3. The summed E-state index contributed by atoms with van der Waals surface area (Å²) in [6.45, 7) is 1.39. The molecule has 2 amide bonds. The van der Waals surface area contributed by atoms with E-state index in [0.717, 1.165) is 17.7 Å². The van der Waals surface area contributed by atoms with Gasteiger partial charge in [-0.05, 0) is 36.8 Å². The van der Waals surface area contributed by atoms with Crippen molar-refractivity contribution in [3.63, 3.8) is 0 Å². The van der Waals surface area contributed by atoms with Crippen molar-refractivity contribution < 1.29 is 32.3 Å². The first-order valence-electron chi connectivity index (χ1n) is 9.59. The number of esters is 1. The zero-order chi connectivity index (χ0) is 22.6. The molecule has 0 spiro atoms. The summed E-state index contributed by atoms with van der Waals surface area (Å²) in [4.78, 5) is 37.7.